The van der Waals surface area contributed by atoms with E-state index >= 15 is 0 Å². The second-order valence-corrected chi connectivity index (χ2v) is 5.77. The molecule has 0 aliphatic carbocycles. The van der Waals surface area contributed by atoms with Crippen molar-refractivity contribution in [1.29, 1.82) is 0 Å². The van der Waals surface area contributed by atoms with E-state index in [-0.39, 0.29) is 5.56 Å². The van der Waals surface area contributed by atoms with Gasteiger partial charge in [0.05, 0.1) is 5.56 Å². The summed E-state index contributed by atoms with van der Waals surface area (Å²) in [7, 11) is 0. The zero-order valence-electron chi connectivity index (χ0n) is 11.7. The Balaban J connectivity index is 2.50. The van der Waals surface area contributed by atoms with E-state index in [2.05, 4.69) is 4.98 Å². The normalized spacial score (nSPS) is 21.5. The highest BCUT2D eigenvalue weighted by Crippen LogP contribution is 2.38. The van der Waals surface area contributed by atoms with Crippen LogP contribution in [0.15, 0.2) is 18.3 Å². The summed E-state index contributed by atoms with van der Waals surface area (Å²) in [5.41, 5.74) is 5.23. The fourth-order valence-corrected chi connectivity index (χ4v) is 2.91. The van der Waals surface area contributed by atoms with Crippen LogP contribution >= 0.6 is 0 Å². The maximum absolute atomic E-state index is 11.6. The minimum atomic E-state index is -0.907. The summed E-state index contributed by atoms with van der Waals surface area (Å²) in [4.78, 5) is 29.0. The number of piperidine rings is 1. The second-order valence-electron chi connectivity index (χ2n) is 5.77. The van der Waals surface area contributed by atoms with Crippen molar-refractivity contribution in [3.8, 4) is 0 Å². The lowest BCUT2D eigenvalue weighted by Gasteiger charge is -2.44. The van der Waals surface area contributed by atoms with Gasteiger partial charge in [0.1, 0.15) is 11.9 Å². The van der Waals surface area contributed by atoms with Crippen molar-refractivity contribution in [2.75, 3.05) is 11.4 Å². The molecule has 0 spiro atoms. The summed E-state index contributed by atoms with van der Waals surface area (Å²) >= 11 is 0. The fraction of sp³-hybridized carbons (Fsp3) is 0.500. The maximum Gasteiger partial charge on any atom is 0.326 e. The predicted octanol–water partition coefficient (Wildman–Crippen LogP) is 1.26. The third-order valence-electron chi connectivity index (χ3n) is 3.83. The average Bonchev–Trinajstić information content (AvgIpc) is 2.36. The molecule has 6 heteroatoms. The average molecular weight is 277 g/mol. The number of hydrogen-bond donors (Lipinski definition) is 2. The predicted molar refractivity (Wildman–Crippen MR) is 74.5 cm³/mol. The second kappa shape index (κ2) is 5.11. The molecule has 0 radical (unpaired) electrons. The van der Waals surface area contributed by atoms with Crippen LogP contribution < -0.4 is 10.6 Å². The number of hydrogen-bond acceptors (Lipinski definition) is 4. The number of carbonyl (C=O) groups excluding carboxylic acids is 1. The highest BCUT2D eigenvalue weighted by atomic mass is 16.4. The lowest BCUT2D eigenvalue weighted by molar-refractivity contribution is -0.142. The monoisotopic (exact) mass is 277 g/mol. The highest BCUT2D eigenvalue weighted by Gasteiger charge is 2.43. The number of carboxylic acid groups (broad SMARTS) is 1. The standard InChI is InChI=1S/C14H19N3O3/c1-14(2)6-4-8-17(10(14)13(19)20)12-9(11(15)18)5-3-7-16-12/h3,5,7,10H,4,6,8H2,1-2H3,(H2,15,18)(H,19,20). The minimum absolute atomic E-state index is 0.261. The van der Waals surface area contributed by atoms with Crippen LogP contribution in [0.25, 0.3) is 0 Å². The number of anilines is 1. The zero-order valence-corrected chi connectivity index (χ0v) is 11.7. The Labute approximate surface area is 117 Å². The first-order chi connectivity index (χ1) is 9.34. The van der Waals surface area contributed by atoms with Crippen molar-refractivity contribution in [3.05, 3.63) is 23.9 Å². The van der Waals surface area contributed by atoms with E-state index < -0.39 is 23.3 Å². The van der Waals surface area contributed by atoms with E-state index in [1.807, 2.05) is 13.8 Å². The van der Waals surface area contributed by atoms with E-state index in [1.54, 1.807) is 23.2 Å². The number of aliphatic carboxylic acids is 1. The lowest BCUT2D eigenvalue weighted by atomic mass is 9.76. The van der Waals surface area contributed by atoms with E-state index in [4.69, 9.17) is 5.73 Å². The first-order valence-electron chi connectivity index (χ1n) is 6.59. The summed E-state index contributed by atoms with van der Waals surface area (Å²) in [5.74, 6) is -1.14. The number of carbonyl (C=O) groups is 2. The summed E-state index contributed by atoms with van der Waals surface area (Å²) in [6, 6.07) is 2.48. The van der Waals surface area contributed by atoms with Gasteiger partial charge in [0.25, 0.3) is 5.91 Å². The number of carboxylic acids is 1. The molecule has 1 unspecified atom stereocenters. The van der Waals surface area contributed by atoms with Crippen LogP contribution in [0.4, 0.5) is 5.82 Å². The van der Waals surface area contributed by atoms with Crippen LogP contribution in [0.3, 0.4) is 0 Å². The number of nitrogens with zero attached hydrogens (tertiary/aromatic N) is 2. The van der Waals surface area contributed by atoms with Crippen molar-refractivity contribution < 1.29 is 14.7 Å². The van der Waals surface area contributed by atoms with Gasteiger partial charge in [-0.2, -0.15) is 0 Å². The van der Waals surface area contributed by atoms with Gasteiger partial charge >= 0.3 is 5.97 Å². The molecule has 1 aromatic heterocycles. The molecular weight excluding hydrogens is 258 g/mol. The molecule has 0 aromatic carbocycles. The number of rotatable bonds is 3. The summed E-state index contributed by atoms with van der Waals surface area (Å²) in [5, 5.41) is 9.55. The van der Waals surface area contributed by atoms with Crippen LogP contribution in [0.5, 0.6) is 0 Å². The van der Waals surface area contributed by atoms with Crippen molar-refractivity contribution >= 4 is 17.7 Å². The molecule has 6 nitrogen and oxygen atoms in total. The van der Waals surface area contributed by atoms with Gasteiger partial charge in [-0.05, 0) is 30.4 Å². The molecule has 1 atom stereocenters. The lowest BCUT2D eigenvalue weighted by Crippen LogP contribution is -2.55. The van der Waals surface area contributed by atoms with Gasteiger partial charge in [-0.15, -0.1) is 0 Å². The molecule has 20 heavy (non-hydrogen) atoms. The number of amides is 1. The number of pyridine rings is 1. The van der Waals surface area contributed by atoms with E-state index in [0.29, 0.717) is 12.4 Å². The quantitative estimate of drug-likeness (QED) is 0.867. The summed E-state index contributed by atoms with van der Waals surface area (Å²) in [6.07, 6.45) is 3.22. The Morgan fingerprint density at radius 2 is 2.20 bits per heavy atom. The van der Waals surface area contributed by atoms with Crippen LogP contribution in [0.1, 0.15) is 37.0 Å². The number of nitrogens with two attached hydrogens (primary N) is 1. The molecule has 2 heterocycles. The Morgan fingerprint density at radius 3 is 2.80 bits per heavy atom. The number of aromatic nitrogens is 1. The van der Waals surface area contributed by atoms with Gasteiger partial charge in [-0.1, -0.05) is 13.8 Å². The third-order valence-corrected chi connectivity index (χ3v) is 3.83. The first kappa shape index (κ1) is 14.3. The molecular formula is C14H19N3O3. The van der Waals surface area contributed by atoms with Crippen molar-refractivity contribution in [3.63, 3.8) is 0 Å². The van der Waals surface area contributed by atoms with Crippen LogP contribution in [0, 0.1) is 5.41 Å². The fourth-order valence-electron chi connectivity index (χ4n) is 2.91. The Bertz CT molecular complexity index is 542. The molecule has 1 amide bonds. The van der Waals surface area contributed by atoms with Crippen molar-refractivity contribution in [2.45, 2.75) is 32.7 Å². The molecule has 1 aromatic rings. The third kappa shape index (κ3) is 2.45. The molecule has 1 aliphatic heterocycles. The van der Waals surface area contributed by atoms with Gasteiger partial charge in [-0.25, -0.2) is 9.78 Å². The first-order valence-corrected chi connectivity index (χ1v) is 6.59. The molecule has 1 aliphatic rings. The van der Waals surface area contributed by atoms with Crippen LogP contribution in [-0.2, 0) is 4.79 Å². The molecule has 108 valence electrons. The molecule has 0 saturated carbocycles. The number of primary amides is 1. The molecule has 3 N–H and O–H groups in total. The SMILES string of the molecule is CC1(C)CCCN(c2ncccc2C(N)=O)C1C(=O)O. The smallest absolute Gasteiger partial charge is 0.326 e. The van der Waals surface area contributed by atoms with Crippen LogP contribution in [0.2, 0.25) is 0 Å². The minimum Gasteiger partial charge on any atom is -0.480 e. The Morgan fingerprint density at radius 1 is 1.50 bits per heavy atom. The van der Waals surface area contributed by atoms with Gasteiger partial charge in [0.2, 0.25) is 0 Å². The molecule has 1 fully saturated rings. The van der Waals surface area contributed by atoms with Gasteiger partial charge in [-0.3, -0.25) is 4.79 Å². The molecule has 2 rings (SSSR count). The van der Waals surface area contributed by atoms with Crippen molar-refractivity contribution in [2.24, 2.45) is 11.1 Å². The molecule has 0 bridgehead atoms. The Hall–Kier alpha value is -2.11. The van der Waals surface area contributed by atoms with E-state index in [1.165, 1.54) is 0 Å². The van der Waals surface area contributed by atoms with Gasteiger partial charge in [0.15, 0.2) is 0 Å². The van der Waals surface area contributed by atoms with Crippen LogP contribution in [-0.4, -0.2) is 34.6 Å². The van der Waals surface area contributed by atoms with E-state index in [9.17, 15) is 14.7 Å². The van der Waals surface area contributed by atoms with Gasteiger partial charge < -0.3 is 15.7 Å². The van der Waals surface area contributed by atoms with E-state index in [0.717, 1.165) is 12.8 Å². The summed E-state index contributed by atoms with van der Waals surface area (Å²) < 4.78 is 0. The van der Waals surface area contributed by atoms with Gasteiger partial charge in [0, 0.05) is 12.7 Å². The summed E-state index contributed by atoms with van der Waals surface area (Å²) in [6.45, 7) is 4.40. The Kier molecular flexibility index (Phi) is 3.65. The zero-order chi connectivity index (χ0) is 14.9. The topological polar surface area (TPSA) is 96.5 Å². The highest BCUT2D eigenvalue weighted by molar-refractivity contribution is 5.98. The largest absolute Gasteiger partial charge is 0.480 e. The molecule has 1 saturated heterocycles. The maximum atomic E-state index is 11.6. The van der Waals surface area contributed by atoms with Crippen molar-refractivity contribution in [1.82, 2.24) is 4.98 Å².